The monoisotopic (exact) mass is 324 g/mol. The van der Waals surface area contributed by atoms with Crippen molar-refractivity contribution in [3.8, 4) is 0 Å². The maximum atomic E-state index is 13.4. The van der Waals surface area contributed by atoms with E-state index in [1.165, 1.54) is 4.90 Å². The topological polar surface area (TPSA) is 50.2 Å². The van der Waals surface area contributed by atoms with Crippen LogP contribution in [0.1, 0.15) is 22.2 Å². The van der Waals surface area contributed by atoms with Gasteiger partial charge in [-0.05, 0) is 12.1 Å². The smallest absolute Gasteiger partial charge is 0.254 e. The van der Waals surface area contributed by atoms with Crippen molar-refractivity contribution in [1.29, 1.82) is 0 Å². The molecule has 1 N–H and O–H groups in total. The summed E-state index contributed by atoms with van der Waals surface area (Å²) < 4.78 is 41.6. The van der Waals surface area contributed by atoms with Crippen molar-refractivity contribution >= 4 is 5.91 Å². The molecule has 122 valence electrons. The first-order chi connectivity index (χ1) is 11.0. The van der Waals surface area contributed by atoms with E-state index in [1.54, 1.807) is 24.0 Å². The molecule has 0 saturated carbocycles. The Balaban J connectivity index is 1.95. The Morgan fingerprint density at radius 1 is 1.30 bits per heavy atom. The Morgan fingerprint density at radius 2 is 2.00 bits per heavy atom. The lowest BCUT2D eigenvalue weighted by molar-refractivity contribution is 0.0619. The Kier molecular flexibility index (Phi) is 4.08. The molecule has 0 aliphatic carbocycles. The number of carbonyl (C=O) groups is 1. The maximum Gasteiger partial charge on any atom is 0.254 e. The molecule has 0 radical (unpaired) electrons. The predicted molar refractivity (Wildman–Crippen MR) is 76.2 cm³/mol. The number of nitrogens with zero attached hydrogens (tertiary/aromatic N) is 3. The first kappa shape index (κ1) is 15.5. The quantitative estimate of drug-likeness (QED) is 0.854. The molecule has 1 unspecified atom stereocenters. The number of amides is 1. The van der Waals surface area contributed by atoms with Crippen molar-refractivity contribution in [2.24, 2.45) is 7.05 Å². The van der Waals surface area contributed by atoms with E-state index in [9.17, 15) is 18.0 Å². The lowest BCUT2D eigenvalue weighted by Gasteiger charge is -2.35. The molecular weight excluding hydrogens is 309 g/mol. The maximum absolute atomic E-state index is 13.4. The lowest BCUT2D eigenvalue weighted by atomic mass is 10.1. The molecule has 1 aliphatic heterocycles. The zero-order chi connectivity index (χ0) is 16.6. The van der Waals surface area contributed by atoms with Gasteiger partial charge in [-0.1, -0.05) is 0 Å². The molecule has 2 heterocycles. The molecule has 1 aliphatic rings. The molecule has 0 spiro atoms. The summed E-state index contributed by atoms with van der Waals surface area (Å²) in [5.74, 6) is -4.23. The predicted octanol–water partition coefficient (Wildman–Crippen LogP) is 1.62. The molecule has 1 aromatic carbocycles. The first-order valence-corrected chi connectivity index (χ1v) is 7.12. The average Bonchev–Trinajstić information content (AvgIpc) is 2.97. The molecule has 3 rings (SSSR count). The van der Waals surface area contributed by atoms with E-state index < -0.39 is 23.4 Å². The van der Waals surface area contributed by atoms with Gasteiger partial charge in [0.2, 0.25) is 0 Å². The third kappa shape index (κ3) is 2.81. The minimum atomic E-state index is -1.58. The van der Waals surface area contributed by atoms with E-state index >= 15 is 0 Å². The van der Waals surface area contributed by atoms with Crippen LogP contribution in [-0.4, -0.2) is 40.0 Å². The molecule has 8 heteroatoms. The summed E-state index contributed by atoms with van der Waals surface area (Å²) in [7, 11) is 1.80. The van der Waals surface area contributed by atoms with Crippen molar-refractivity contribution in [2.75, 3.05) is 19.6 Å². The highest BCUT2D eigenvalue weighted by molar-refractivity contribution is 5.94. The van der Waals surface area contributed by atoms with E-state index in [-0.39, 0.29) is 11.6 Å². The van der Waals surface area contributed by atoms with E-state index in [2.05, 4.69) is 10.3 Å². The van der Waals surface area contributed by atoms with Crippen molar-refractivity contribution in [2.45, 2.75) is 6.04 Å². The fourth-order valence-electron chi connectivity index (χ4n) is 2.72. The van der Waals surface area contributed by atoms with Crippen LogP contribution in [0.2, 0.25) is 0 Å². The van der Waals surface area contributed by atoms with Crippen LogP contribution in [0.5, 0.6) is 0 Å². The number of nitrogens with one attached hydrogen (secondary N) is 1. The second kappa shape index (κ2) is 6.04. The van der Waals surface area contributed by atoms with Crippen LogP contribution < -0.4 is 5.32 Å². The highest BCUT2D eigenvalue weighted by Crippen LogP contribution is 2.24. The van der Waals surface area contributed by atoms with Gasteiger partial charge in [0.25, 0.3) is 5.91 Å². The highest BCUT2D eigenvalue weighted by Gasteiger charge is 2.31. The second-order valence-electron chi connectivity index (χ2n) is 5.37. The van der Waals surface area contributed by atoms with Crippen LogP contribution in [0.15, 0.2) is 24.5 Å². The fraction of sp³-hybridized carbons (Fsp3) is 0.333. The van der Waals surface area contributed by atoms with Crippen molar-refractivity contribution in [3.05, 3.63) is 53.4 Å². The van der Waals surface area contributed by atoms with Gasteiger partial charge in [0.15, 0.2) is 17.5 Å². The molecule has 23 heavy (non-hydrogen) atoms. The number of aromatic nitrogens is 2. The molecular formula is C15H15F3N4O. The molecule has 1 atom stereocenters. The number of benzene rings is 1. The normalized spacial score (nSPS) is 18.3. The van der Waals surface area contributed by atoms with Crippen molar-refractivity contribution in [3.63, 3.8) is 0 Å². The van der Waals surface area contributed by atoms with Gasteiger partial charge in [-0.3, -0.25) is 4.79 Å². The molecule has 2 aromatic rings. The van der Waals surface area contributed by atoms with E-state index in [0.29, 0.717) is 25.5 Å². The number of hydrogen-bond acceptors (Lipinski definition) is 3. The largest absolute Gasteiger partial charge is 0.336 e. The Bertz CT molecular complexity index is 723. The van der Waals surface area contributed by atoms with Gasteiger partial charge in [0.1, 0.15) is 11.9 Å². The van der Waals surface area contributed by atoms with Crippen molar-refractivity contribution < 1.29 is 18.0 Å². The number of halogens is 3. The van der Waals surface area contributed by atoms with Gasteiger partial charge in [-0.15, -0.1) is 0 Å². The summed E-state index contributed by atoms with van der Waals surface area (Å²) in [6, 6.07) is 1.07. The van der Waals surface area contributed by atoms with E-state index in [4.69, 9.17) is 0 Å². The molecule has 5 nitrogen and oxygen atoms in total. The zero-order valence-corrected chi connectivity index (χ0v) is 12.4. The fourth-order valence-corrected chi connectivity index (χ4v) is 2.72. The molecule has 1 fully saturated rings. The SMILES string of the molecule is Cn1ccnc1C1CNCCN1C(=O)c1cc(F)c(F)c(F)c1. The highest BCUT2D eigenvalue weighted by atomic mass is 19.2. The Hall–Kier alpha value is -2.35. The first-order valence-electron chi connectivity index (χ1n) is 7.12. The number of rotatable bonds is 2. The standard InChI is InChI=1S/C15H15F3N4O/c1-21-4-3-20-14(21)12-8-19-2-5-22(12)15(23)9-6-10(16)13(18)11(17)7-9/h3-4,6-7,12,19H,2,5,8H2,1H3. The van der Waals surface area contributed by atoms with Crippen LogP contribution in [-0.2, 0) is 7.05 Å². The summed E-state index contributed by atoms with van der Waals surface area (Å²) in [6.45, 7) is 1.39. The van der Waals surface area contributed by atoms with Crippen LogP contribution in [0, 0.1) is 17.5 Å². The third-order valence-corrected chi connectivity index (χ3v) is 3.89. The van der Waals surface area contributed by atoms with Gasteiger partial charge in [0.05, 0.1) is 0 Å². The summed E-state index contributed by atoms with van der Waals surface area (Å²) in [4.78, 5) is 18.4. The van der Waals surface area contributed by atoms with Gasteiger partial charge < -0.3 is 14.8 Å². The van der Waals surface area contributed by atoms with Crippen molar-refractivity contribution in [1.82, 2.24) is 19.8 Å². The summed E-state index contributed by atoms with van der Waals surface area (Å²) >= 11 is 0. The number of hydrogen-bond donors (Lipinski definition) is 1. The zero-order valence-electron chi connectivity index (χ0n) is 12.4. The minimum Gasteiger partial charge on any atom is -0.336 e. The van der Waals surface area contributed by atoms with Crippen LogP contribution >= 0.6 is 0 Å². The molecule has 1 aromatic heterocycles. The summed E-state index contributed by atoms with van der Waals surface area (Å²) in [5, 5.41) is 3.16. The van der Waals surface area contributed by atoms with Crippen LogP contribution in [0.25, 0.3) is 0 Å². The number of carbonyl (C=O) groups excluding carboxylic acids is 1. The number of piperazine rings is 1. The summed E-state index contributed by atoms with van der Waals surface area (Å²) in [6.07, 6.45) is 3.37. The minimum absolute atomic E-state index is 0.220. The summed E-state index contributed by atoms with van der Waals surface area (Å²) in [5.41, 5.74) is -0.220. The molecule has 0 bridgehead atoms. The number of aryl methyl sites for hydroxylation is 1. The lowest BCUT2D eigenvalue weighted by Crippen LogP contribution is -2.49. The third-order valence-electron chi connectivity index (χ3n) is 3.89. The van der Waals surface area contributed by atoms with Gasteiger partial charge >= 0.3 is 0 Å². The van der Waals surface area contributed by atoms with Gasteiger partial charge in [-0.2, -0.15) is 0 Å². The molecule has 1 saturated heterocycles. The Morgan fingerprint density at radius 3 is 2.61 bits per heavy atom. The van der Waals surface area contributed by atoms with E-state index in [0.717, 1.165) is 12.1 Å². The van der Waals surface area contributed by atoms with Gasteiger partial charge in [0, 0.05) is 44.6 Å². The van der Waals surface area contributed by atoms with E-state index in [1.807, 2.05) is 0 Å². The van der Waals surface area contributed by atoms with Gasteiger partial charge in [-0.25, -0.2) is 18.2 Å². The Labute approximate surface area is 130 Å². The van der Waals surface area contributed by atoms with Crippen LogP contribution in [0.4, 0.5) is 13.2 Å². The van der Waals surface area contributed by atoms with Crippen LogP contribution in [0.3, 0.4) is 0 Å². The second-order valence-corrected chi connectivity index (χ2v) is 5.37. The average molecular weight is 324 g/mol. The molecule has 1 amide bonds. The number of imidazole rings is 1.